The molecule has 0 radical (unpaired) electrons. The summed E-state index contributed by atoms with van der Waals surface area (Å²) >= 11 is 0. The van der Waals surface area contributed by atoms with Crippen LogP contribution in [0.2, 0.25) is 0 Å². The molecule has 0 saturated carbocycles. The van der Waals surface area contributed by atoms with E-state index in [1.54, 1.807) is 13.0 Å². The molecule has 11 heteroatoms. The monoisotopic (exact) mass is 572 g/mol. The molecule has 40 heavy (non-hydrogen) atoms. The molecule has 5 N–H and O–H groups in total. The fraction of sp³-hybridized carbons (Fsp3) is 0.448. The minimum atomic E-state index is -4.11. The Balaban J connectivity index is 1.98. The van der Waals surface area contributed by atoms with Gasteiger partial charge in [-0.05, 0) is 48.9 Å². The van der Waals surface area contributed by atoms with E-state index in [-0.39, 0.29) is 36.2 Å². The predicted octanol–water partition coefficient (Wildman–Crippen LogP) is 4.23. The third kappa shape index (κ3) is 7.83. The Hall–Kier alpha value is -3.41. The Morgan fingerprint density at radius 3 is 2.33 bits per heavy atom. The highest BCUT2D eigenvalue weighted by atomic mass is 32.2. The van der Waals surface area contributed by atoms with E-state index >= 15 is 0 Å². The van der Waals surface area contributed by atoms with Gasteiger partial charge in [0.1, 0.15) is 0 Å². The number of rotatable bonds is 13. The number of aliphatic hydroxyl groups is 1. The van der Waals surface area contributed by atoms with Crippen LogP contribution in [-0.2, 0) is 16.4 Å². The van der Waals surface area contributed by atoms with Gasteiger partial charge in [0.2, 0.25) is 10.0 Å². The van der Waals surface area contributed by atoms with Gasteiger partial charge in [0.25, 0.3) is 0 Å². The molecule has 0 saturated heterocycles. The highest BCUT2D eigenvalue weighted by Gasteiger charge is 2.32. The molecule has 1 amide bonds. The molecule has 1 aromatic heterocycles. The topological polar surface area (TPSA) is 155 Å². The number of nitrogens with one attached hydrogen (secondary N) is 2. The highest BCUT2D eigenvalue weighted by Crippen LogP contribution is 2.31. The molecular formula is C29H40N4O6S. The van der Waals surface area contributed by atoms with Crippen LogP contribution in [0.25, 0.3) is 10.9 Å². The van der Waals surface area contributed by atoms with Crippen molar-refractivity contribution in [2.75, 3.05) is 19.6 Å². The van der Waals surface area contributed by atoms with Gasteiger partial charge in [0, 0.05) is 36.2 Å². The number of aliphatic hydroxyl groups excluding tert-OH is 1. The van der Waals surface area contributed by atoms with Gasteiger partial charge in [-0.2, -0.15) is 4.31 Å². The molecule has 2 aromatic carbocycles. The summed E-state index contributed by atoms with van der Waals surface area (Å²) in [6.07, 6.45) is -2.43. The number of carbonyl (C=O) groups is 1. The average Bonchev–Trinajstić information content (AvgIpc) is 3.21. The van der Waals surface area contributed by atoms with Gasteiger partial charge < -0.3 is 25.6 Å². The van der Waals surface area contributed by atoms with Crippen molar-refractivity contribution in [3.63, 3.8) is 0 Å². The number of aromatic hydroxyl groups is 1. The number of nitrogens with zero attached hydrogens (tertiary/aromatic N) is 2. The van der Waals surface area contributed by atoms with Crippen molar-refractivity contribution in [3.8, 4) is 5.88 Å². The Morgan fingerprint density at radius 1 is 1.05 bits per heavy atom. The number of aliphatic imine (C=N–C) groups is 1. The maximum atomic E-state index is 13.9. The zero-order valence-corrected chi connectivity index (χ0v) is 24.4. The first-order chi connectivity index (χ1) is 18.8. The van der Waals surface area contributed by atoms with Crippen molar-refractivity contribution in [1.29, 1.82) is 0 Å². The minimum Gasteiger partial charge on any atom is -0.494 e. The lowest BCUT2D eigenvalue weighted by molar-refractivity contribution is 0.0980. The van der Waals surface area contributed by atoms with Crippen LogP contribution in [0.15, 0.2) is 58.4 Å². The Bertz CT molecular complexity index is 1430. The van der Waals surface area contributed by atoms with E-state index in [1.165, 1.54) is 16.4 Å². The fourth-order valence-corrected chi connectivity index (χ4v) is 6.20. The number of carboxylic acid groups (broad SMARTS) is 1. The Labute approximate surface area is 235 Å². The number of H-pyrrole nitrogens is 1. The molecule has 0 aliphatic heterocycles. The van der Waals surface area contributed by atoms with Gasteiger partial charge in [-0.15, -0.1) is 0 Å². The first kappa shape index (κ1) is 31.1. The smallest absolute Gasteiger partial charge is 0.404 e. The van der Waals surface area contributed by atoms with E-state index in [2.05, 4.69) is 15.3 Å². The minimum absolute atomic E-state index is 0.00411. The van der Waals surface area contributed by atoms with Gasteiger partial charge in [0.05, 0.1) is 22.6 Å². The van der Waals surface area contributed by atoms with Gasteiger partial charge in [-0.25, -0.2) is 13.2 Å². The summed E-state index contributed by atoms with van der Waals surface area (Å²) in [7, 11) is -4.11. The molecule has 0 spiro atoms. The maximum absolute atomic E-state index is 13.9. The summed E-state index contributed by atoms with van der Waals surface area (Å²) in [6, 6.07) is 12.7. The van der Waals surface area contributed by atoms with Crippen molar-refractivity contribution >= 4 is 32.7 Å². The Morgan fingerprint density at radius 2 is 1.73 bits per heavy atom. The van der Waals surface area contributed by atoms with Crippen LogP contribution >= 0.6 is 0 Å². The van der Waals surface area contributed by atoms with E-state index < -0.39 is 28.3 Å². The van der Waals surface area contributed by atoms with Crippen LogP contribution < -0.4 is 5.32 Å². The summed E-state index contributed by atoms with van der Waals surface area (Å²) in [4.78, 5) is 18.9. The lowest BCUT2D eigenvalue weighted by atomic mass is 10.0. The summed E-state index contributed by atoms with van der Waals surface area (Å²) in [5, 5.41) is 33.9. The summed E-state index contributed by atoms with van der Waals surface area (Å²) in [6.45, 7) is 9.94. The van der Waals surface area contributed by atoms with Crippen LogP contribution in [0.3, 0.4) is 0 Å². The second kappa shape index (κ2) is 13.3. The van der Waals surface area contributed by atoms with Crippen LogP contribution in [-0.4, -0.2) is 76.6 Å². The van der Waals surface area contributed by atoms with Crippen LogP contribution in [0.5, 0.6) is 5.88 Å². The molecule has 218 valence electrons. The van der Waals surface area contributed by atoms with Crippen molar-refractivity contribution in [1.82, 2.24) is 14.6 Å². The molecule has 3 aromatic rings. The molecule has 1 heterocycles. The highest BCUT2D eigenvalue weighted by molar-refractivity contribution is 7.89. The molecular weight excluding hydrogens is 532 g/mol. The fourth-order valence-electron chi connectivity index (χ4n) is 4.55. The second-order valence-corrected chi connectivity index (χ2v) is 12.8. The van der Waals surface area contributed by atoms with Gasteiger partial charge >= 0.3 is 6.09 Å². The average molecular weight is 573 g/mol. The number of fused-ring (bicyclic) bond motifs is 1. The van der Waals surface area contributed by atoms with E-state index in [1.807, 2.05) is 58.0 Å². The van der Waals surface area contributed by atoms with E-state index in [0.717, 1.165) is 5.56 Å². The van der Waals surface area contributed by atoms with Crippen LogP contribution in [0.1, 0.15) is 45.7 Å². The van der Waals surface area contributed by atoms with Crippen molar-refractivity contribution in [3.05, 3.63) is 59.7 Å². The molecule has 0 bridgehead atoms. The first-order valence-electron chi connectivity index (χ1n) is 13.4. The predicted molar refractivity (Wildman–Crippen MR) is 157 cm³/mol. The Kier molecular flexibility index (Phi) is 10.3. The lowest BCUT2D eigenvalue weighted by Crippen LogP contribution is -2.50. The standard InChI is InChI=1S/C29H40N4O6S/c1-18(2)15-30-20(5)27-23-14-22(11-12-24(23)31-28(27)35)40(38,39)33(16-19(3)4)17-26(34)25(32-29(36)37)13-21-9-7-6-8-10-21/h6-12,14,18-19,25-26,31-32,34-35H,13,15-17H2,1-5H3,(H,36,37). The van der Waals surface area contributed by atoms with Gasteiger partial charge in [-0.1, -0.05) is 58.0 Å². The number of benzene rings is 2. The number of hydrogen-bond acceptors (Lipinski definition) is 6. The molecule has 0 fully saturated rings. The summed E-state index contributed by atoms with van der Waals surface area (Å²) in [5.74, 6) is 0.158. The molecule has 2 unspecified atom stereocenters. The van der Waals surface area contributed by atoms with Gasteiger partial charge in [-0.3, -0.25) is 4.99 Å². The van der Waals surface area contributed by atoms with E-state index in [9.17, 15) is 28.5 Å². The van der Waals surface area contributed by atoms with Crippen LogP contribution in [0, 0.1) is 11.8 Å². The lowest BCUT2D eigenvalue weighted by Gasteiger charge is -2.30. The summed E-state index contributed by atoms with van der Waals surface area (Å²) in [5.41, 5.74) is 2.40. The first-order valence-corrected chi connectivity index (χ1v) is 14.8. The number of sulfonamides is 1. The third-order valence-corrected chi connectivity index (χ3v) is 8.30. The SMILES string of the molecule is CC(=NCC(C)C)c1c(O)[nH]c2ccc(S(=O)(=O)N(CC(C)C)CC(O)C(Cc3ccccc3)NC(=O)O)cc12. The van der Waals surface area contributed by atoms with Crippen molar-refractivity contribution in [2.45, 2.75) is 58.1 Å². The molecule has 0 aliphatic carbocycles. The van der Waals surface area contributed by atoms with Gasteiger partial charge in [0.15, 0.2) is 5.88 Å². The zero-order valence-electron chi connectivity index (χ0n) is 23.6. The molecule has 0 aliphatic rings. The van der Waals surface area contributed by atoms with Crippen molar-refractivity contribution < 1.29 is 28.5 Å². The number of aromatic nitrogens is 1. The molecule has 3 rings (SSSR count). The largest absolute Gasteiger partial charge is 0.494 e. The summed E-state index contributed by atoms with van der Waals surface area (Å²) < 4.78 is 29.0. The van der Waals surface area contributed by atoms with E-state index in [0.29, 0.717) is 34.6 Å². The quantitative estimate of drug-likeness (QED) is 0.193. The second-order valence-electron chi connectivity index (χ2n) is 10.9. The number of amides is 1. The van der Waals surface area contributed by atoms with Crippen LogP contribution in [0.4, 0.5) is 4.79 Å². The third-order valence-electron chi connectivity index (χ3n) is 6.47. The maximum Gasteiger partial charge on any atom is 0.404 e. The molecule has 10 nitrogen and oxygen atoms in total. The molecule has 2 atom stereocenters. The number of aromatic amines is 1. The van der Waals surface area contributed by atoms with Crippen molar-refractivity contribution in [2.24, 2.45) is 16.8 Å². The zero-order chi connectivity index (χ0) is 29.6. The van der Waals surface area contributed by atoms with E-state index in [4.69, 9.17) is 0 Å². The number of hydrogen-bond donors (Lipinski definition) is 5. The normalized spacial score (nSPS) is 14.3.